The smallest absolute Gasteiger partial charge is 0.121 e. The lowest BCUT2D eigenvalue weighted by Gasteiger charge is -2.36. The van der Waals surface area contributed by atoms with Gasteiger partial charge in [0.05, 0.1) is 6.07 Å². The summed E-state index contributed by atoms with van der Waals surface area (Å²) in [6, 6.07) is 10.9. The number of anilines is 1. The van der Waals surface area contributed by atoms with Gasteiger partial charge >= 0.3 is 0 Å². The van der Waals surface area contributed by atoms with E-state index in [0.29, 0.717) is 0 Å². The normalized spacial score (nSPS) is 17.7. The SMILES string of the molecule is CCNC(C)(C#N)CN1CCCc2ccccc21. The molecular formula is C15H21N3. The van der Waals surface area contributed by atoms with Gasteiger partial charge in [-0.3, -0.25) is 5.32 Å². The van der Waals surface area contributed by atoms with Gasteiger partial charge in [-0.2, -0.15) is 5.26 Å². The van der Waals surface area contributed by atoms with E-state index in [0.717, 1.165) is 26.1 Å². The Kier molecular flexibility index (Phi) is 3.88. The fraction of sp³-hybridized carbons (Fsp3) is 0.533. The van der Waals surface area contributed by atoms with E-state index in [1.54, 1.807) is 0 Å². The van der Waals surface area contributed by atoms with Gasteiger partial charge in [-0.05, 0) is 37.9 Å². The van der Waals surface area contributed by atoms with E-state index in [4.69, 9.17) is 0 Å². The fourth-order valence-electron chi connectivity index (χ4n) is 2.68. The summed E-state index contributed by atoms with van der Waals surface area (Å²) in [6.45, 7) is 6.63. The Hall–Kier alpha value is -1.53. The van der Waals surface area contributed by atoms with E-state index in [-0.39, 0.29) is 0 Å². The van der Waals surface area contributed by atoms with Crippen molar-refractivity contribution in [1.29, 1.82) is 5.26 Å². The van der Waals surface area contributed by atoms with Crippen molar-refractivity contribution in [3.63, 3.8) is 0 Å². The van der Waals surface area contributed by atoms with E-state index >= 15 is 0 Å². The van der Waals surface area contributed by atoms with E-state index in [1.807, 2.05) is 13.8 Å². The van der Waals surface area contributed by atoms with Gasteiger partial charge in [0.25, 0.3) is 0 Å². The number of nitriles is 1. The van der Waals surface area contributed by atoms with Crippen LogP contribution in [0.4, 0.5) is 5.69 Å². The lowest BCUT2D eigenvalue weighted by atomic mass is 9.98. The number of para-hydroxylation sites is 1. The van der Waals surface area contributed by atoms with Crippen LogP contribution < -0.4 is 10.2 Å². The molecule has 2 rings (SSSR count). The molecule has 18 heavy (non-hydrogen) atoms. The summed E-state index contributed by atoms with van der Waals surface area (Å²) < 4.78 is 0. The first-order valence-electron chi connectivity index (χ1n) is 6.67. The van der Waals surface area contributed by atoms with Gasteiger partial charge in [0.1, 0.15) is 5.54 Å². The molecule has 0 fully saturated rings. The zero-order valence-electron chi connectivity index (χ0n) is 11.2. The summed E-state index contributed by atoms with van der Waals surface area (Å²) >= 11 is 0. The Morgan fingerprint density at radius 3 is 2.94 bits per heavy atom. The molecule has 1 aromatic carbocycles. The minimum Gasteiger partial charge on any atom is -0.368 e. The average molecular weight is 243 g/mol. The molecule has 0 radical (unpaired) electrons. The van der Waals surface area contributed by atoms with Gasteiger partial charge in [-0.15, -0.1) is 0 Å². The molecule has 1 heterocycles. The first-order chi connectivity index (χ1) is 8.68. The lowest BCUT2D eigenvalue weighted by Crippen LogP contribution is -2.51. The van der Waals surface area contributed by atoms with Crippen LogP contribution in [0.25, 0.3) is 0 Å². The van der Waals surface area contributed by atoms with Crippen LogP contribution in [0.15, 0.2) is 24.3 Å². The van der Waals surface area contributed by atoms with Crippen molar-refractivity contribution in [3.05, 3.63) is 29.8 Å². The average Bonchev–Trinajstić information content (AvgIpc) is 2.39. The van der Waals surface area contributed by atoms with Crippen molar-refractivity contribution in [1.82, 2.24) is 5.32 Å². The predicted molar refractivity (Wildman–Crippen MR) is 74.7 cm³/mol. The van der Waals surface area contributed by atoms with Crippen LogP contribution >= 0.6 is 0 Å². The summed E-state index contributed by atoms with van der Waals surface area (Å²) in [5.41, 5.74) is 2.22. The number of nitrogens with one attached hydrogen (secondary N) is 1. The second-order valence-electron chi connectivity index (χ2n) is 5.13. The Labute approximate surface area is 109 Å². The summed E-state index contributed by atoms with van der Waals surface area (Å²) in [5.74, 6) is 0. The molecular weight excluding hydrogens is 222 g/mol. The monoisotopic (exact) mass is 243 g/mol. The standard InChI is InChI=1S/C15H21N3/c1-3-17-15(2,11-16)12-18-10-6-8-13-7-4-5-9-14(13)18/h4-5,7,9,17H,3,6,8,10,12H2,1-2H3. The molecule has 0 amide bonds. The number of hydrogen-bond donors (Lipinski definition) is 1. The number of benzene rings is 1. The second-order valence-corrected chi connectivity index (χ2v) is 5.13. The Bertz CT molecular complexity index is 449. The van der Waals surface area contributed by atoms with Gasteiger partial charge in [0, 0.05) is 18.8 Å². The summed E-state index contributed by atoms with van der Waals surface area (Å²) in [4.78, 5) is 2.34. The maximum absolute atomic E-state index is 9.36. The number of fused-ring (bicyclic) bond motifs is 1. The van der Waals surface area contributed by atoms with Crippen LogP contribution in [0.5, 0.6) is 0 Å². The third kappa shape index (κ3) is 2.65. The summed E-state index contributed by atoms with van der Waals surface area (Å²) in [7, 11) is 0. The molecule has 96 valence electrons. The number of nitrogens with zero attached hydrogens (tertiary/aromatic N) is 2. The minimum atomic E-state index is -0.473. The molecule has 3 nitrogen and oxygen atoms in total. The molecule has 3 heteroatoms. The highest BCUT2D eigenvalue weighted by Crippen LogP contribution is 2.27. The highest BCUT2D eigenvalue weighted by Gasteiger charge is 2.28. The van der Waals surface area contributed by atoms with Crippen molar-refractivity contribution >= 4 is 5.69 Å². The van der Waals surface area contributed by atoms with Gasteiger partial charge in [-0.25, -0.2) is 0 Å². The van der Waals surface area contributed by atoms with Crippen LogP contribution in [0.3, 0.4) is 0 Å². The van der Waals surface area contributed by atoms with Crippen molar-refractivity contribution < 1.29 is 0 Å². The van der Waals surface area contributed by atoms with E-state index in [2.05, 4.69) is 40.6 Å². The summed E-state index contributed by atoms with van der Waals surface area (Å²) in [6.07, 6.45) is 2.32. The van der Waals surface area contributed by atoms with Crippen LogP contribution in [-0.4, -0.2) is 25.2 Å². The predicted octanol–water partition coefficient (Wildman–Crippen LogP) is 2.33. The van der Waals surface area contributed by atoms with E-state index < -0.39 is 5.54 Å². The van der Waals surface area contributed by atoms with E-state index in [1.165, 1.54) is 17.7 Å². The topological polar surface area (TPSA) is 39.1 Å². The van der Waals surface area contributed by atoms with Crippen LogP contribution in [0.2, 0.25) is 0 Å². The third-order valence-corrected chi connectivity index (χ3v) is 3.53. The van der Waals surface area contributed by atoms with Crippen LogP contribution in [0, 0.1) is 11.3 Å². The second kappa shape index (κ2) is 5.41. The van der Waals surface area contributed by atoms with Crippen LogP contribution in [0.1, 0.15) is 25.8 Å². The minimum absolute atomic E-state index is 0.473. The molecule has 1 aliphatic heterocycles. The number of likely N-dealkylation sites (N-methyl/N-ethyl adjacent to an activating group) is 1. The fourth-order valence-corrected chi connectivity index (χ4v) is 2.68. The molecule has 1 aliphatic rings. The van der Waals surface area contributed by atoms with Crippen molar-refractivity contribution in [3.8, 4) is 6.07 Å². The Morgan fingerprint density at radius 2 is 2.22 bits per heavy atom. The maximum Gasteiger partial charge on any atom is 0.121 e. The van der Waals surface area contributed by atoms with Crippen molar-refractivity contribution in [2.75, 3.05) is 24.5 Å². The molecule has 0 bridgehead atoms. The Morgan fingerprint density at radius 1 is 1.44 bits per heavy atom. The molecule has 1 N–H and O–H groups in total. The number of aryl methyl sites for hydroxylation is 1. The van der Waals surface area contributed by atoms with Crippen molar-refractivity contribution in [2.45, 2.75) is 32.2 Å². The molecule has 0 saturated carbocycles. The molecule has 0 aliphatic carbocycles. The molecule has 1 unspecified atom stereocenters. The lowest BCUT2D eigenvalue weighted by molar-refractivity contribution is 0.448. The third-order valence-electron chi connectivity index (χ3n) is 3.53. The van der Waals surface area contributed by atoms with Gasteiger partial charge < -0.3 is 4.90 Å². The van der Waals surface area contributed by atoms with Crippen LogP contribution in [-0.2, 0) is 6.42 Å². The number of hydrogen-bond acceptors (Lipinski definition) is 3. The van der Waals surface area contributed by atoms with Crippen molar-refractivity contribution in [2.24, 2.45) is 0 Å². The van der Waals surface area contributed by atoms with E-state index in [9.17, 15) is 5.26 Å². The summed E-state index contributed by atoms with van der Waals surface area (Å²) in [5, 5.41) is 12.6. The maximum atomic E-state index is 9.36. The Balaban J connectivity index is 2.19. The zero-order valence-corrected chi connectivity index (χ0v) is 11.2. The molecule has 1 atom stereocenters. The molecule has 0 saturated heterocycles. The molecule has 0 spiro atoms. The first kappa shape index (κ1) is 12.9. The quantitative estimate of drug-likeness (QED) is 0.882. The number of rotatable bonds is 4. The zero-order chi connectivity index (χ0) is 13.0. The molecule has 1 aromatic rings. The van der Waals surface area contributed by atoms with Gasteiger partial charge in [0.2, 0.25) is 0 Å². The molecule has 0 aromatic heterocycles. The highest BCUT2D eigenvalue weighted by molar-refractivity contribution is 5.56. The first-order valence-corrected chi connectivity index (χ1v) is 6.67. The van der Waals surface area contributed by atoms with Gasteiger partial charge in [0.15, 0.2) is 0 Å². The highest BCUT2D eigenvalue weighted by atomic mass is 15.2. The van der Waals surface area contributed by atoms with Gasteiger partial charge in [-0.1, -0.05) is 25.1 Å². The largest absolute Gasteiger partial charge is 0.368 e.